The molecule has 2 heterocycles. The summed E-state index contributed by atoms with van der Waals surface area (Å²) in [6, 6.07) is 39.8. The molecule has 46 heavy (non-hydrogen) atoms. The Bertz CT molecular complexity index is 1620. The zero-order valence-electron chi connectivity index (χ0n) is 25.0. The van der Waals surface area contributed by atoms with Crippen molar-refractivity contribution in [1.29, 1.82) is 0 Å². The number of nitrogens with zero attached hydrogens (tertiary/aromatic N) is 2. The van der Waals surface area contributed by atoms with E-state index < -0.39 is 20.5 Å². The maximum Gasteiger partial charge on any atom is 0.212 e. The molecule has 4 aromatic carbocycles. The van der Waals surface area contributed by atoms with Crippen LogP contribution in [0.4, 0.5) is 0 Å². The van der Waals surface area contributed by atoms with Crippen LogP contribution in [0.5, 0.6) is 0 Å². The van der Waals surface area contributed by atoms with Crippen LogP contribution >= 0.6 is 0 Å². The molecule has 0 aliphatic rings. The number of aryl methyl sites for hydroxylation is 2. The summed E-state index contributed by atoms with van der Waals surface area (Å²) in [5.41, 5.74) is 5.37. The van der Waals surface area contributed by atoms with Crippen LogP contribution in [-0.2, 0) is 13.1 Å². The highest BCUT2D eigenvalue weighted by atomic mass is 35.7. The second-order valence-electron chi connectivity index (χ2n) is 10.7. The highest BCUT2D eigenvalue weighted by molar-refractivity contribution is 5.89. The van der Waals surface area contributed by atoms with Crippen LogP contribution < -0.4 is 46.4 Å². The van der Waals surface area contributed by atoms with Gasteiger partial charge in [0.05, 0.1) is 0 Å². The summed E-state index contributed by atoms with van der Waals surface area (Å²) < 4.78 is 73.0. The summed E-state index contributed by atoms with van der Waals surface area (Å²) in [7, 11) is -9.89. The van der Waals surface area contributed by atoms with E-state index in [-0.39, 0.29) is 0 Å². The van der Waals surface area contributed by atoms with Gasteiger partial charge in [-0.1, -0.05) is 61.4 Å². The van der Waals surface area contributed by atoms with Crippen LogP contribution in [-0.4, -0.2) is 0 Å². The molecule has 0 aliphatic heterocycles. The Morgan fingerprint density at radius 1 is 0.348 bits per heavy atom. The van der Waals surface area contributed by atoms with Gasteiger partial charge in [0.25, 0.3) is 0 Å². The van der Waals surface area contributed by atoms with E-state index in [0.29, 0.717) is 0 Å². The summed E-state index contributed by atoms with van der Waals surface area (Å²) >= 11 is 0. The molecular weight excluding hydrogens is 635 g/mol. The third-order valence-electron chi connectivity index (χ3n) is 7.55. The third kappa shape index (κ3) is 11.1. The van der Waals surface area contributed by atoms with Crippen molar-refractivity contribution in [2.75, 3.05) is 0 Å². The van der Waals surface area contributed by atoms with Gasteiger partial charge in [0.2, 0.25) is 22.1 Å². The average Bonchev–Trinajstić information content (AvgIpc) is 2.99. The summed E-state index contributed by atoms with van der Waals surface area (Å²) in [5, 5.41) is 5.31. The highest BCUT2D eigenvalue weighted by Crippen LogP contribution is 2.20. The first-order valence-electron chi connectivity index (χ1n) is 14.7. The van der Waals surface area contributed by atoms with Gasteiger partial charge < -0.3 is 0 Å². The van der Waals surface area contributed by atoms with Crippen molar-refractivity contribution in [3.8, 4) is 0 Å². The van der Waals surface area contributed by atoms with Gasteiger partial charge in [-0.25, -0.2) is 37.3 Å². The van der Waals surface area contributed by atoms with Crippen LogP contribution in [0, 0.1) is 20.5 Å². The van der Waals surface area contributed by atoms with Gasteiger partial charge in [0.15, 0.2) is 0 Å². The average molecular weight is 670 g/mol. The molecule has 0 saturated carbocycles. The lowest BCUT2D eigenvalue weighted by atomic mass is 10.1. The van der Waals surface area contributed by atoms with Crippen LogP contribution in [0.15, 0.2) is 109 Å². The Hall–Kier alpha value is -3.52. The molecule has 0 saturated heterocycles. The van der Waals surface area contributed by atoms with Crippen molar-refractivity contribution < 1.29 is 66.9 Å². The van der Waals surface area contributed by atoms with Crippen molar-refractivity contribution in [3.63, 3.8) is 0 Å². The maximum absolute atomic E-state index is 8.49. The molecule has 0 spiro atoms. The lowest BCUT2D eigenvalue weighted by Crippen LogP contribution is -2.68. The van der Waals surface area contributed by atoms with Gasteiger partial charge in [-0.2, -0.15) is 9.13 Å². The number of hydrogen-bond donors (Lipinski definition) is 0. The smallest absolute Gasteiger partial charge is 0.212 e. The molecular formula is C34H34Cl2N2O8. The van der Waals surface area contributed by atoms with Crippen LogP contribution in [0.1, 0.15) is 38.5 Å². The molecule has 0 bridgehead atoms. The summed E-state index contributed by atoms with van der Waals surface area (Å²) in [6.07, 6.45) is 7.65. The predicted molar refractivity (Wildman–Crippen MR) is 151 cm³/mol. The largest absolute Gasteiger partial charge is 0.222 e. The molecule has 0 fully saturated rings. The molecule has 6 rings (SSSR count). The molecule has 0 atom stereocenters. The maximum atomic E-state index is 8.49. The van der Waals surface area contributed by atoms with E-state index >= 15 is 0 Å². The lowest BCUT2D eigenvalue weighted by molar-refractivity contribution is -2.00. The van der Waals surface area contributed by atoms with E-state index in [1.165, 1.54) is 82.1 Å². The van der Waals surface area contributed by atoms with Crippen molar-refractivity contribution in [3.05, 3.63) is 109 Å². The quantitative estimate of drug-likeness (QED) is 0.0999. The number of halogens is 2. The Labute approximate surface area is 270 Å². The van der Waals surface area contributed by atoms with E-state index in [2.05, 4.69) is 118 Å². The first-order valence-corrected chi connectivity index (χ1v) is 17.2. The number of para-hydroxylation sites is 4. The van der Waals surface area contributed by atoms with Crippen LogP contribution in [0.2, 0.25) is 0 Å². The highest BCUT2D eigenvalue weighted by Gasteiger charge is 2.15. The van der Waals surface area contributed by atoms with Crippen molar-refractivity contribution in [1.82, 2.24) is 0 Å². The summed E-state index contributed by atoms with van der Waals surface area (Å²) in [4.78, 5) is 0. The minimum atomic E-state index is -4.94. The zero-order chi connectivity index (χ0) is 33.2. The minimum Gasteiger partial charge on any atom is -0.222 e. The fraction of sp³-hybridized carbons (Fsp3) is 0.235. The van der Waals surface area contributed by atoms with Gasteiger partial charge in [-0.05, 0) is 49.2 Å². The second kappa shape index (κ2) is 16.3. The number of fused-ring (bicyclic) bond motifs is 4. The molecule has 0 unspecified atom stereocenters. The van der Waals surface area contributed by atoms with Gasteiger partial charge in [-0.3, -0.25) is 0 Å². The zero-order valence-corrected chi connectivity index (χ0v) is 26.5. The molecule has 0 amide bonds. The van der Waals surface area contributed by atoms with Gasteiger partial charge >= 0.3 is 0 Å². The normalized spacial score (nSPS) is 11.7. The molecule has 10 nitrogen and oxygen atoms in total. The second-order valence-corrected chi connectivity index (χ2v) is 12.2. The Morgan fingerprint density at radius 3 is 0.826 bits per heavy atom. The predicted octanol–water partition coefficient (Wildman–Crippen LogP) is -1.60. The SMILES string of the molecule is [O-][Cl+3]([O-])([O-])[O-].[O-][Cl+3]([O-])([O-])[O-].c1ccc2c(c1)cc1ccccc1[n+]2CCCCCCCC[n+]1c2ccccc2cc2ccccc21. The molecule has 2 aromatic heterocycles. The fourth-order valence-corrected chi connectivity index (χ4v) is 5.74. The number of aromatic nitrogens is 2. The topological polar surface area (TPSA) is 192 Å². The Kier molecular flexibility index (Phi) is 12.6. The standard InChI is InChI=1S/C34H34N2.2ClHO4/c1(3-13-23-35-31-19-9-5-15-27(31)25-28-16-6-10-20-32(28)35)2-4-14-24-36-33-21-11-7-17-29(33)26-30-18-8-12-22-34(30)36;2*2-1(3,4)5/h5-12,15-22,25-26H,1-4,13-14,23-24H2;2*(H,2,3,4,5)/q+2;;/p-2. The number of unbranched alkanes of at least 4 members (excludes halogenated alkanes) is 5. The summed E-state index contributed by atoms with van der Waals surface area (Å²) in [6.45, 7) is 2.17. The number of rotatable bonds is 9. The van der Waals surface area contributed by atoms with E-state index in [9.17, 15) is 0 Å². The van der Waals surface area contributed by atoms with E-state index in [0.717, 1.165) is 13.1 Å². The van der Waals surface area contributed by atoms with E-state index in [1.54, 1.807) is 0 Å². The van der Waals surface area contributed by atoms with Crippen molar-refractivity contribution in [2.24, 2.45) is 0 Å². The minimum absolute atomic E-state index is 1.08. The van der Waals surface area contributed by atoms with Gasteiger partial charge in [-0.15, -0.1) is 20.5 Å². The first-order chi connectivity index (χ1) is 21.9. The van der Waals surface area contributed by atoms with E-state index in [1.807, 2.05) is 0 Å². The lowest BCUT2D eigenvalue weighted by Gasteiger charge is -2.17. The first kappa shape index (κ1) is 35.3. The number of hydrogen-bond acceptors (Lipinski definition) is 8. The Morgan fingerprint density at radius 2 is 0.565 bits per heavy atom. The monoisotopic (exact) mass is 668 g/mol. The summed E-state index contributed by atoms with van der Waals surface area (Å²) in [5.74, 6) is 0. The van der Waals surface area contributed by atoms with Crippen molar-refractivity contribution in [2.45, 2.75) is 51.6 Å². The van der Waals surface area contributed by atoms with Gasteiger partial charge in [0, 0.05) is 58.7 Å². The molecule has 0 aliphatic carbocycles. The van der Waals surface area contributed by atoms with E-state index in [4.69, 9.17) is 37.3 Å². The van der Waals surface area contributed by atoms with Crippen LogP contribution in [0.3, 0.4) is 0 Å². The van der Waals surface area contributed by atoms with Gasteiger partial charge in [0.1, 0.15) is 13.1 Å². The molecule has 242 valence electrons. The molecule has 6 aromatic rings. The molecule has 12 heteroatoms. The third-order valence-corrected chi connectivity index (χ3v) is 7.55. The van der Waals surface area contributed by atoms with Crippen LogP contribution in [0.25, 0.3) is 43.6 Å². The molecule has 0 N–H and O–H groups in total. The number of benzene rings is 4. The number of pyridine rings is 2. The van der Waals surface area contributed by atoms with Crippen molar-refractivity contribution >= 4 is 43.6 Å². The fourth-order valence-electron chi connectivity index (χ4n) is 5.74. The Balaban J connectivity index is 0.000000421. The molecule has 0 radical (unpaired) electrons.